The van der Waals surface area contributed by atoms with Crippen molar-refractivity contribution in [3.8, 4) is 0 Å². The van der Waals surface area contributed by atoms with Crippen molar-refractivity contribution in [2.45, 2.75) is 11.3 Å². The van der Waals surface area contributed by atoms with Gasteiger partial charge in [0, 0.05) is 38.6 Å². The Kier molecular flexibility index (Phi) is 5.00. The molecular formula is C17H20N4O3S. The summed E-state index contributed by atoms with van der Waals surface area (Å²) in [5.74, 6) is -0.541. The van der Waals surface area contributed by atoms with Crippen molar-refractivity contribution in [2.75, 3.05) is 31.1 Å². The van der Waals surface area contributed by atoms with Crippen LogP contribution in [0.1, 0.15) is 16.8 Å². The zero-order valence-corrected chi connectivity index (χ0v) is 14.5. The Morgan fingerprint density at radius 1 is 1.04 bits per heavy atom. The van der Waals surface area contributed by atoms with Crippen LogP contribution in [0.2, 0.25) is 0 Å². The second kappa shape index (κ2) is 7.20. The number of amides is 1. The first-order valence-corrected chi connectivity index (χ1v) is 9.48. The molecule has 8 heteroatoms. The summed E-state index contributed by atoms with van der Waals surface area (Å²) in [5, 5.41) is 0. The van der Waals surface area contributed by atoms with Crippen molar-refractivity contribution in [3.63, 3.8) is 0 Å². The summed E-state index contributed by atoms with van der Waals surface area (Å²) in [7, 11) is -3.51. The molecule has 2 heterocycles. The van der Waals surface area contributed by atoms with Crippen LogP contribution in [0.3, 0.4) is 0 Å². The number of carbonyl (C=O) groups is 1. The number of carbonyl (C=O) groups excluding carboxylic acids is 1. The van der Waals surface area contributed by atoms with Gasteiger partial charge in [-0.05, 0) is 24.6 Å². The molecule has 1 aromatic heterocycles. The Morgan fingerprint density at radius 2 is 1.80 bits per heavy atom. The van der Waals surface area contributed by atoms with Gasteiger partial charge in [-0.25, -0.2) is 8.42 Å². The third kappa shape index (κ3) is 3.64. The van der Waals surface area contributed by atoms with Crippen LogP contribution < -0.4 is 10.6 Å². The number of benzene rings is 1. The molecule has 0 spiro atoms. The second-order valence-corrected chi connectivity index (χ2v) is 7.75. The minimum atomic E-state index is -3.51. The molecule has 1 aromatic carbocycles. The van der Waals surface area contributed by atoms with Crippen molar-refractivity contribution >= 4 is 21.6 Å². The number of hydrogen-bond donors (Lipinski definition) is 1. The van der Waals surface area contributed by atoms with Crippen LogP contribution in [0.5, 0.6) is 0 Å². The van der Waals surface area contributed by atoms with Gasteiger partial charge in [0.25, 0.3) is 5.91 Å². The lowest BCUT2D eigenvalue weighted by molar-refractivity contribution is 0.100. The summed E-state index contributed by atoms with van der Waals surface area (Å²) in [6.07, 6.45) is 3.71. The average Bonchev–Trinajstić information content (AvgIpc) is 2.89. The number of nitrogens with zero attached hydrogens (tertiary/aromatic N) is 3. The first-order valence-electron chi connectivity index (χ1n) is 8.04. The number of sulfonamides is 1. The van der Waals surface area contributed by atoms with Crippen LogP contribution >= 0.6 is 0 Å². The fourth-order valence-corrected chi connectivity index (χ4v) is 4.46. The number of rotatable bonds is 4. The zero-order valence-electron chi connectivity index (χ0n) is 13.7. The summed E-state index contributed by atoms with van der Waals surface area (Å²) >= 11 is 0. The van der Waals surface area contributed by atoms with Crippen LogP contribution in [-0.2, 0) is 10.0 Å². The molecule has 0 radical (unpaired) electrons. The summed E-state index contributed by atoms with van der Waals surface area (Å²) in [6, 6.07) is 10.2. The zero-order chi connectivity index (χ0) is 17.9. The second-order valence-electron chi connectivity index (χ2n) is 5.81. The van der Waals surface area contributed by atoms with Gasteiger partial charge in [0.2, 0.25) is 10.0 Å². The van der Waals surface area contributed by atoms with Gasteiger partial charge < -0.3 is 10.6 Å². The molecule has 1 aliphatic heterocycles. The van der Waals surface area contributed by atoms with Gasteiger partial charge in [-0.2, -0.15) is 4.31 Å². The molecule has 25 heavy (non-hydrogen) atoms. The molecular weight excluding hydrogens is 340 g/mol. The normalized spacial score (nSPS) is 16.4. The van der Waals surface area contributed by atoms with E-state index in [0.717, 1.165) is 0 Å². The number of anilines is 1. The number of hydrogen-bond acceptors (Lipinski definition) is 5. The van der Waals surface area contributed by atoms with Gasteiger partial charge in [0.1, 0.15) is 0 Å². The van der Waals surface area contributed by atoms with E-state index in [-0.39, 0.29) is 0 Å². The van der Waals surface area contributed by atoms with Gasteiger partial charge in [-0.3, -0.25) is 9.78 Å². The monoisotopic (exact) mass is 360 g/mol. The molecule has 7 nitrogen and oxygen atoms in total. The topological polar surface area (TPSA) is 96.6 Å². The molecule has 1 aliphatic rings. The molecule has 0 aliphatic carbocycles. The lowest BCUT2D eigenvalue weighted by Gasteiger charge is -2.24. The summed E-state index contributed by atoms with van der Waals surface area (Å²) in [5.41, 5.74) is 6.47. The quantitative estimate of drug-likeness (QED) is 0.880. The molecule has 0 saturated carbocycles. The number of nitrogens with two attached hydrogens (primary N) is 1. The summed E-state index contributed by atoms with van der Waals surface area (Å²) in [4.78, 5) is 17.8. The highest BCUT2D eigenvalue weighted by Crippen LogP contribution is 2.23. The average molecular weight is 360 g/mol. The minimum absolute atomic E-state index is 0.296. The Balaban J connectivity index is 1.81. The predicted octanol–water partition coefficient (Wildman–Crippen LogP) is 1.08. The maximum atomic E-state index is 12.8. The van der Waals surface area contributed by atoms with Crippen molar-refractivity contribution in [1.29, 1.82) is 0 Å². The van der Waals surface area contributed by atoms with Crippen molar-refractivity contribution in [2.24, 2.45) is 5.73 Å². The SMILES string of the molecule is NC(=O)c1cnccc1N1CCCN(S(=O)(=O)c2ccccc2)CC1. The molecule has 0 atom stereocenters. The summed E-state index contributed by atoms with van der Waals surface area (Å²) in [6.45, 7) is 1.91. The third-order valence-electron chi connectivity index (χ3n) is 4.24. The maximum Gasteiger partial charge on any atom is 0.252 e. The molecule has 0 unspecified atom stereocenters. The van der Waals surface area contributed by atoms with Gasteiger partial charge in [-0.15, -0.1) is 0 Å². The maximum absolute atomic E-state index is 12.8. The number of primary amides is 1. The van der Waals surface area contributed by atoms with E-state index < -0.39 is 15.9 Å². The molecule has 1 fully saturated rings. The highest BCUT2D eigenvalue weighted by Gasteiger charge is 2.27. The van der Waals surface area contributed by atoms with E-state index in [1.807, 2.05) is 4.90 Å². The van der Waals surface area contributed by atoms with E-state index in [0.29, 0.717) is 48.7 Å². The van der Waals surface area contributed by atoms with Crippen LogP contribution in [-0.4, -0.2) is 49.8 Å². The Labute approximate surface area is 147 Å². The van der Waals surface area contributed by atoms with E-state index in [1.165, 1.54) is 10.5 Å². The Bertz CT molecular complexity index is 855. The van der Waals surface area contributed by atoms with Crippen LogP contribution in [0.25, 0.3) is 0 Å². The fourth-order valence-electron chi connectivity index (χ4n) is 2.97. The molecule has 132 valence electrons. The van der Waals surface area contributed by atoms with Gasteiger partial charge in [0.15, 0.2) is 0 Å². The van der Waals surface area contributed by atoms with Gasteiger partial charge >= 0.3 is 0 Å². The van der Waals surface area contributed by atoms with Crippen molar-refractivity contribution < 1.29 is 13.2 Å². The van der Waals surface area contributed by atoms with Crippen LogP contribution in [0.4, 0.5) is 5.69 Å². The predicted molar refractivity (Wildman–Crippen MR) is 94.8 cm³/mol. The van der Waals surface area contributed by atoms with Crippen molar-refractivity contribution in [3.05, 3.63) is 54.4 Å². The molecule has 3 rings (SSSR count). The largest absolute Gasteiger partial charge is 0.369 e. The first kappa shape index (κ1) is 17.4. The first-order chi connectivity index (χ1) is 12.0. The van der Waals surface area contributed by atoms with E-state index in [9.17, 15) is 13.2 Å². The molecule has 1 saturated heterocycles. The van der Waals surface area contributed by atoms with E-state index in [4.69, 9.17) is 5.73 Å². The smallest absolute Gasteiger partial charge is 0.252 e. The van der Waals surface area contributed by atoms with Gasteiger partial charge in [0.05, 0.1) is 16.1 Å². The number of pyridine rings is 1. The highest BCUT2D eigenvalue weighted by atomic mass is 32.2. The molecule has 1 amide bonds. The fraction of sp³-hybridized carbons (Fsp3) is 0.294. The molecule has 2 N–H and O–H groups in total. The van der Waals surface area contributed by atoms with E-state index in [2.05, 4.69) is 4.98 Å². The highest BCUT2D eigenvalue weighted by molar-refractivity contribution is 7.89. The summed E-state index contributed by atoms with van der Waals surface area (Å²) < 4.78 is 27.1. The number of aromatic nitrogens is 1. The van der Waals surface area contributed by atoms with Crippen LogP contribution in [0.15, 0.2) is 53.7 Å². The lowest BCUT2D eigenvalue weighted by atomic mass is 10.2. The Morgan fingerprint density at radius 3 is 2.52 bits per heavy atom. The van der Waals surface area contributed by atoms with E-state index >= 15 is 0 Å². The van der Waals surface area contributed by atoms with Gasteiger partial charge in [-0.1, -0.05) is 18.2 Å². The molecule has 0 bridgehead atoms. The third-order valence-corrected chi connectivity index (χ3v) is 6.15. The van der Waals surface area contributed by atoms with E-state index in [1.54, 1.807) is 42.6 Å². The van der Waals surface area contributed by atoms with Crippen LogP contribution in [0, 0.1) is 0 Å². The molecule has 2 aromatic rings. The van der Waals surface area contributed by atoms with Crippen molar-refractivity contribution in [1.82, 2.24) is 9.29 Å². The minimum Gasteiger partial charge on any atom is -0.369 e. The standard InChI is InChI=1S/C17H20N4O3S/c18-17(22)15-13-19-8-7-16(15)20-9-4-10-21(12-11-20)25(23,24)14-5-2-1-3-6-14/h1-3,5-8,13H,4,9-12H2,(H2,18,22). The lowest BCUT2D eigenvalue weighted by Crippen LogP contribution is -2.35. The Hall–Kier alpha value is -2.45.